The molecule has 1 rings (SSSR count). The summed E-state index contributed by atoms with van der Waals surface area (Å²) in [6, 6.07) is 2.28. The van der Waals surface area contributed by atoms with Crippen molar-refractivity contribution in [2.45, 2.75) is 10.9 Å². The van der Waals surface area contributed by atoms with Crippen LogP contribution in [0.3, 0.4) is 0 Å². The first-order valence-corrected chi connectivity index (χ1v) is 6.06. The molecule has 5 nitrogen and oxygen atoms in total. The van der Waals surface area contributed by atoms with E-state index >= 15 is 0 Å². The predicted octanol–water partition coefficient (Wildman–Crippen LogP) is 1.51. The molecule has 1 atom stereocenters. The first-order chi connectivity index (χ1) is 8.06. The van der Waals surface area contributed by atoms with Crippen molar-refractivity contribution in [1.82, 2.24) is 0 Å². The number of rotatable bonds is 5. The Morgan fingerprint density at radius 3 is 2.35 bits per heavy atom. The first-order valence-electron chi connectivity index (χ1n) is 4.84. The summed E-state index contributed by atoms with van der Waals surface area (Å²) in [5.41, 5.74) is 5.99. The Hall–Kier alpha value is -1.40. The van der Waals surface area contributed by atoms with Gasteiger partial charge < -0.3 is 20.3 Å². The lowest BCUT2D eigenvalue weighted by Gasteiger charge is -2.17. The highest BCUT2D eigenvalue weighted by Crippen LogP contribution is 2.41. The number of methoxy groups -OCH3 is 2. The van der Waals surface area contributed by atoms with Gasteiger partial charge in [0.25, 0.3) is 0 Å². The number of benzene rings is 1. The van der Waals surface area contributed by atoms with Crippen LogP contribution in [-0.4, -0.2) is 31.6 Å². The van der Waals surface area contributed by atoms with Crippen molar-refractivity contribution >= 4 is 17.7 Å². The number of thioether (sulfide) groups is 1. The fourth-order valence-corrected chi connectivity index (χ4v) is 2.07. The van der Waals surface area contributed by atoms with Crippen LogP contribution in [0.4, 0.5) is 0 Å². The minimum absolute atomic E-state index is 0.370. The van der Waals surface area contributed by atoms with Crippen LogP contribution in [0.15, 0.2) is 17.0 Å². The zero-order valence-corrected chi connectivity index (χ0v) is 10.7. The number of nitrogens with two attached hydrogens (primary N) is 1. The molecule has 6 heteroatoms. The minimum atomic E-state index is -1.13. The Morgan fingerprint density at radius 1 is 1.35 bits per heavy atom. The minimum Gasteiger partial charge on any atom is -0.492 e. The lowest BCUT2D eigenvalue weighted by atomic mass is 10.1. The highest BCUT2D eigenvalue weighted by Gasteiger charge is 2.23. The maximum absolute atomic E-state index is 10.9. The van der Waals surface area contributed by atoms with Crippen LogP contribution >= 0.6 is 11.8 Å². The summed E-state index contributed by atoms with van der Waals surface area (Å²) in [6.45, 7) is 0. The smallest absolute Gasteiger partial charge is 0.325 e. The van der Waals surface area contributed by atoms with E-state index < -0.39 is 12.0 Å². The third kappa shape index (κ3) is 2.65. The van der Waals surface area contributed by atoms with Gasteiger partial charge in [-0.2, -0.15) is 0 Å². The monoisotopic (exact) mass is 257 g/mol. The van der Waals surface area contributed by atoms with Crippen molar-refractivity contribution in [3.05, 3.63) is 17.7 Å². The van der Waals surface area contributed by atoms with E-state index in [1.165, 1.54) is 26.0 Å². The number of hydrogen-bond donors (Lipinski definition) is 2. The van der Waals surface area contributed by atoms with Gasteiger partial charge in [-0.25, -0.2) is 0 Å². The number of carboxylic acid groups (broad SMARTS) is 1. The molecule has 1 aromatic rings. The van der Waals surface area contributed by atoms with E-state index in [0.717, 1.165) is 4.90 Å². The van der Waals surface area contributed by atoms with Crippen molar-refractivity contribution in [3.63, 3.8) is 0 Å². The predicted molar refractivity (Wildman–Crippen MR) is 65.9 cm³/mol. The van der Waals surface area contributed by atoms with E-state index in [2.05, 4.69) is 0 Å². The molecule has 0 aliphatic carbocycles. The number of ether oxygens (including phenoxy) is 2. The second-order valence-corrected chi connectivity index (χ2v) is 4.09. The second-order valence-electron chi connectivity index (χ2n) is 3.24. The van der Waals surface area contributed by atoms with Gasteiger partial charge in [-0.1, -0.05) is 6.07 Å². The zero-order valence-electron chi connectivity index (χ0n) is 9.89. The van der Waals surface area contributed by atoms with Gasteiger partial charge >= 0.3 is 5.97 Å². The van der Waals surface area contributed by atoms with Gasteiger partial charge in [-0.3, -0.25) is 4.79 Å². The van der Waals surface area contributed by atoms with E-state index in [9.17, 15) is 4.79 Å². The van der Waals surface area contributed by atoms with Gasteiger partial charge in [0.1, 0.15) is 6.04 Å². The molecule has 17 heavy (non-hydrogen) atoms. The highest BCUT2D eigenvalue weighted by atomic mass is 32.2. The average molecular weight is 257 g/mol. The second kappa shape index (κ2) is 5.79. The van der Waals surface area contributed by atoms with E-state index in [4.69, 9.17) is 20.3 Å². The van der Waals surface area contributed by atoms with Crippen LogP contribution in [0.1, 0.15) is 11.6 Å². The van der Waals surface area contributed by atoms with Crippen molar-refractivity contribution in [1.29, 1.82) is 0 Å². The summed E-state index contributed by atoms with van der Waals surface area (Å²) in [4.78, 5) is 11.8. The topological polar surface area (TPSA) is 81.8 Å². The molecular formula is C11H15NO4S. The molecule has 0 aliphatic rings. The fourth-order valence-electron chi connectivity index (χ4n) is 1.50. The largest absolute Gasteiger partial charge is 0.492 e. The van der Waals surface area contributed by atoms with Gasteiger partial charge in [-0.05, 0) is 12.3 Å². The van der Waals surface area contributed by atoms with Crippen LogP contribution in [0.25, 0.3) is 0 Å². The SMILES string of the molecule is COc1c(SC)ccc(C(N)C(=O)O)c1OC. The maximum Gasteiger partial charge on any atom is 0.325 e. The summed E-state index contributed by atoms with van der Waals surface area (Å²) in [7, 11) is 2.97. The Labute approximate surface area is 104 Å². The van der Waals surface area contributed by atoms with Gasteiger partial charge in [0.2, 0.25) is 0 Å². The van der Waals surface area contributed by atoms with Crippen molar-refractivity contribution in [3.8, 4) is 11.5 Å². The molecule has 0 bridgehead atoms. The molecule has 0 spiro atoms. The number of carbonyl (C=O) groups is 1. The van der Waals surface area contributed by atoms with Crippen LogP contribution < -0.4 is 15.2 Å². The van der Waals surface area contributed by atoms with Crippen molar-refractivity contribution in [2.24, 2.45) is 5.73 Å². The Morgan fingerprint density at radius 2 is 1.94 bits per heavy atom. The number of carboxylic acids is 1. The van der Waals surface area contributed by atoms with Gasteiger partial charge in [0.05, 0.1) is 19.1 Å². The van der Waals surface area contributed by atoms with Gasteiger partial charge in [0, 0.05) is 5.56 Å². The normalized spacial score (nSPS) is 12.0. The molecule has 1 aromatic carbocycles. The molecule has 0 saturated heterocycles. The first kappa shape index (κ1) is 13.7. The summed E-state index contributed by atoms with van der Waals surface area (Å²) in [6.07, 6.45) is 1.90. The molecule has 0 saturated carbocycles. The van der Waals surface area contributed by atoms with Crippen LogP contribution in [0, 0.1) is 0 Å². The molecular weight excluding hydrogens is 242 g/mol. The average Bonchev–Trinajstić information content (AvgIpc) is 2.35. The summed E-state index contributed by atoms with van der Waals surface area (Å²) in [5, 5.41) is 8.92. The zero-order chi connectivity index (χ0) is 13.0. The molecule has 0 aromatic heterocycles. The molecule has 0 radical (unpaired) electrons. The van der Waals surface area contributed by atoms with Crippen LogP contribution in [0.2, 0.25) is 0 Å². The highest BCUT2D eigenvalue weighted by molar-refractivity contribution is 7.98. The summed E-state index contributed by atoms with van der Waals surface area (Å²) in [5.74, 6) is -0.231. The van der Waals surface area contributed by atoms with Crippen molar-refractivity contribution in [2.75, 3.05) is 20.5 Å². The summed E-state index contributed by atoms with van der Waals surface area (Å²) >= 11 is 1.49. The van der Waals surface area contributed by atoms with Crippen LogP contribution in [0.5, 0.6) is 11.5 Å². The third-order valence-corrected chi connectivity index (χ3v) is 3.10. The van der Waals surface area contributed by atoms with E-state index in [1.807, 2.05) is 6.26 Å². The standard InChI is InChI=1S/C11H15NO4S/c1-15-9-6(8(12)11(13)14)4-5-7(17-3)10(9)16-2/h4-5,8H,12H2,1-3H3,(H,13,14). The van der Waals surface area contributed by atoms with E-state index in [0.29, 0.717) is 17.1 Å². The van der Waals surface area contributed by atoms with Gasteiger partial charge in [0.15, 0.2) is 11.5 Å². The lowest BCUT2D eigenvalue weighted by molar-refractivity contribution is -0.138. The molecule has 1 unspecified atom stereocenters. The molecule has 0 heterocycles. The molecule has 94 valence electrons. The number of aliphatic carboxylic acids is 1. The number of hydrogen-bond acceptors (Lipinski definition) is 5. The Balaban J connectivity index is 3.37. The third-order valence-electron chi connectivity index (χ3n) is 2.34. The lowest BCUT2D eigenvalue weighted by Crippen LogP contribution is -2.21. The molecule has 0 aliphatic heterocycles. The van der Waals surface area contributed by atoms with Crippen molar-refractivity contribution < 1.29 is 19.4 Å². The van der Waals surface area contributed by atoms with E-state index in [1.54, 1.807) is 12.1 Å². The fraction of sp³-hybridized carbons (Fsp3) is 0.364. The molecule has 0 fully saturated rings. The molecule has 3 N–H and O–H groups in total. The van der Waals surface area contributed by atoms with E-state index in [-0.39, 0.29) is 0 Å². The van der Waals surface area contributed by atoms with Crippen LogP contribution in [-0.2, 0) is 4.79 Å². The molecule has 0 amide bonds. The quantitative estimate of drug-likeness (QED) is 0.778. The van der Waals surface area contributed by atoms with Gasteiger partial charge in [-0.15, -0.1) is 11.8 Å². The summed E-state index contributed by atoms with van der Waals surface area (Å²) < 4.78 is 10.4. The Bertz CT molecular complexity index is 422. The maximum atomic E-state index is 10.9. The Kier molecular flexibility index (Phi) is 4.65.